The van der Waals surface area contributed by atoms with Crippen molar-refractivity contribution in [3.05, 3.63) is 76.6 Å². The molecule has 2 aromatic carbocycles. The number of nitrogens with one attached hydrogen (secondary N) is 1. The summed E-state index contributed by atoms with van der Waals surface area (Å²) in [4.78, 5) is 12.9. The molecule has 2 aromatic heterocycles. The summed E-state index contributed by atoms with van der Waals surface area (Å²) in [6.45, 7) is 3.77. The second-order valence-corrected chi connectivity index (χ2v) is 6.96. The van der Waals surface area contributed by atoms with Crippen molar-refractivity contribution < 1.29 is 9.32 Å². The highest BCUT2D eigenvalue weighted by Gasteiger charge is 2.27. The van der Waals surface area contributed by atoms with Gasteiger partial charge in [-0.2, -0.15) is 5.10 Å². The number of halogens is 1. The zero-order chi connectivity index (χ0) is 20.5. The number of carbonyl (C=O) groups is 1. The van der Waals surface area contributed by atoms with Crippen molar-refractivity contribution in [1.82, 2.24) is 14.9 Å². The van der Waals surface area contributed by atoms with Crippen molar-refractivity contribution >= 4 is 29.1 Å². The largest absolute Gasteiger partial charge is 0.367 e. The van der Waals surface area contributed by atoms with E-state index in [1.807, 2.05) is 44.2 Å². The van der Waals surface area contributed by atoms with Gasteiger partial charge in [0.1, 0.15) is 11.3 Å². The molecule has 0 radical (unpaired) electrons. The highest BCUT2D eigenvalue weighted by atomic mass is 35.5. The zero-order valence-electron chi connectivity index (χ0n) is 15.8. The van der Waals surface area contributed by atoms with Crippen LogP contribution in [0.3, 0.4) is 0 Å². The average Bonchev–Trinajstić information content (AvgIpc) is 3.23. The Bertz CT molecular complexity index is 1180. The number of amides is 1. The summed E-state index contributed by atoms with van der Waals surface area (Å²) in [7, 11) is 0. The number of nitrogens with two attached hydrogens (primary N) is 1. The lowest BCUT2D eigenvalue weighted by Gasteiger charge is -2.07. The maximum absolute atomic E-state index is 12.9. The molecule has 0 saturated carbocycles. The van der Waals surface area contributed by atoms with Gasteiger partial charge in [0, 0.05) is 16.3 Å². The Morgan fingerprint density at radius 1 is 1.10 bits per heavy atom. The Kier molecular flexibility index (Phi) is 4.82. The van der Waals surface area contributed by atoms with Crippen LogP contribution in [-0.2, 0) is 0 Å². The van der Waals surface area contributed by atoms with Crippen molar-refractivity contribution in [3.63, 3.8) is 0 Å². The van der Waals surface area contributed by atoms with Crippen LogP contribution in [0.25, 0.3) is 16.9 Å². The van der Waals surface area contributed by atoms with E-state index in [2.05, 4.69) is 15.6 Å². The zero-order valence-corrected chi connectivity index (χ0v) is 16.6. The molecule has 146 valence electrons. The van der Waals surface area contributed by atoms with Crippen molar-refractivity contribution in [2.24, 2.45) is 0 Å². The van der Waals surface area contributed by atoms with Crippen LogP contribution in [0.15, 0.2) is 59.1 Å². The van der Waals surface area contributed by atoms with Gasteiger partial charge < -0.3 is 15.6 Å². The molecule has 0 saturated heterocycles. The Morgan fingerprint density at radius 3 is 2.48 bits per heavy atom. The van der Waals surface area contributed by atoms with Gasteiger partial charge in [0.2, 0.25) is 5.88 Å². The standard InChI is InChI=1S/C21H18ClN5O2/c1-12-17(13(2)27(25-12)16-6-4-3-5-7-16)19-18(20(23)29-26-19)21(28)24-15-10-8-14(22)9-11-15/h3-11H,23H2,1-2H3,(H,24,28). The maximum atomic E-state index is 12.9. The summed E-state index contributed by atoms with van der Waals surface area (Å²) in [6, 6.07) is 16.5. The summed E-state index contributed by atoms with van der Waals surface area (Å²) in [5, 5.41) is 12.0. The molecular weight excluding hydrogens is 390 g/mol. The van der Waals surface area contributed by atoms with Crippen molar-refractivity contribution in [2.75, 3.05) is 11.1 Å². The van der Waals surface area contributed by atoms with Gasteiger partial charge in [0.15, 0.2) is 0 Å². The average molecular weight is 408 g/mol. The number of para-hydroxylation sites is 1. The van der Waals surface area contributed by atoms with E-state index in [1.54, 1.807) is 28.9 Å². The van der Waals surface area contributed by atoms with Gasteiger partial charge in [-0.05, 0) is 50.2 Å². The number of aromatic nitrogens is 3. The number of benzene rings is 2. The fourth-order valence-electron chi connectivity index (χ4n) is 3.23. The topological polar surface area (TPSA) is 99.0 Å². The Labute approximate surface area is 172 Å². The normalized spacial score (nSPS) is 10.9. The smallest absolute Gasteiger partial charge is 0.263 e. The molecule has 7 nitrogen and oxygen atoms in total. The first-order valence-electron chi connectivity index (χ1n) is 8.89. The highest BCUT2D eigenvalue weighted by Crippen LogP contribution is 2.33. The van der Waals surface area contributed by atoms with Crippen molar-refractivity contribution in [1.29, 1.82) is 0 Å². The number of hydrogen-bond donors (Lipinski definition) is 2. The molecule has 0 atom stereocenters. The van der Waals surface area contributed by atoms with Crippen LogP contribution >= 0.6 is 11.6 Å². The molecule has 29 heavy (non-hydrogen) atoms. The quantitative estimate of drug-likeness (QED) is 0.513. The van der Waals surface area contributed by atoms with Gasteiger partial charge in [-0.3, -0.25) is 4.79 Å². The molecule has 4 rings (SSSR count). The van der Waals surface area contributed by atoms with E-state index in [0.29, 0.717) is 27.7 Å². The first-order chi connectivity index (χ1) is 14.0. The fourth-order valence-corrected chi connectivity index (χ4v) is 3.35. The molecule has 1 amide bonds. The number of carbonyl (C=O) groups excluding carboxylic acids is 1. The number of aryl methyl sites for hydroxylation is 1. The number of nitrogens with zero attached hydrogens (tertiary/aromatic N) is 3. The van der Waals surface area contributed by atoms with Crippen LogP contribution in [0.5, 0.6) is 0 Å². The predicted octanol–water partition coefficient (Wildman–Crippen LogP) is 4.63. The summed E-state index contributed by atoms with van der Waals surface area (Å²) >= 11 is 5.90. The lowest BCUT2D eigenvalue weighted by Crippen LogP contribution is -2.14. The van der Waals surface area contributed by atoms with Gasteiger partial charge in [0.05, 0.1) is 17.1 Å². The Balaban J connectivity index is 1.75. The fraction of sp³-hybridized carbons (Fsp3) is 0.0952. The molecule has 0 aliphatic heterocycles. The molecule has 8 heteroatoms. The summed E-state index contributed by atoms with van der Waals surface area (Å²) in [5.74, 6) is -0.481. The van der Waals surface area contributed by atoms with E-state index in [1.165, 1.54) is 0 Å². The van der Waals surface area contributed by atoms with Crippen LogP contribution in [0.2, 0.25) is 5.02 Å². The molecule has 0 spiro atoms. The lowest BCUT2D eigenvalue weighted by atomic mass is 10.0. The molecule has 0 aliphatic carbocycles. The highest BCUT2D eigenvalue weighted by molar-refractivity contribution is 6.30. The summed E-state index contributed by atoms with van der Waals surface area (Å²) < 4.78 is 6.96. The van der Waals surface area contributed by atoms with Crippen LogP contribution in [-0.4, -0.2) is 20.8 Å². The molecule has 4 aromatic rings. The first kappa shape index (κ1) is 18.8. The molecule has 0 unspecified atom stereocenters. The first-order valence-corrected chi connectivity index (χ1v) is 9.27. The Hall–Kier alpha value is -3.58. The molecule has 0 bridgehead atoms. The van der Waals surface area contributed by atoms with Gasteiger partial charge in [-0.15, -0.1) is 0 Å². The SMILES string of the molecule is Cc1nn(-c2ccccc2)c(C)c1-c1noc(N)c1C(=O)Nc1ccc(Cl)cc1. The maximum Gasteiger partial charge on any atom is 0.263 e. The van der Waals surface area contributed by atoms with E-state index < -0.39 is 5.91 Å². The number of rotatable bonds is 4. The van der Waals surface area contributed by atoms with Gasteiger partial charge in [-0.25, -0.2) is 4.68 Å². The van der Waals surface area contributed by atoms with Gasteiger partial charge in [0.25, 0.3) is 5.91 Å². The van der Waals surface area contributed by atoms with Crippen molar-refractivity contribution in [3.8, 4) is 16.9 Å². The van der Waals surface area contributed by atoms with Crippen LogP contribution < -0.4 is 11.1 Å². The molecule has 3 N–H and O–H groups in total. The molecule has 2 heterocycles. The summed E-state index contributed by atoms with van der Waals surface area (Å²) in [5.41, 5.74) is 10.2. The third kappa shape index (κ3) is 3.48. The number of hydrogen-bond acceptors (Lipinski definition) is 5. The van der Waals surface area contributed by atoms with Gasteiger partial charge in [-0.1, -0.05) is 35.0 Å². The third-order valence-corrected chi connectivity index (χ3v) is 4.83. The van der Waals surface area contributed by atoms with E-state index in [-0.39, 0.29) is 11.4 Å². The van der Waals surface area contributed by atoms with E-state index in [4.69, 9.17) is 21.9 Å². The number of anilines is 2. The van der Waals surface area contributed by atoms with E-state index >= 15 is 0 Å². The lowest BCUT2D eigenvalue weighted by molar-refractivity contribution is 0.102. The number of nitrogen functional groups attached to an aromatic ring is 1. The third-order valence-electron chi connectivity index (χ3n) is 4.58. The second kappa shape index (κ2) is 7.44. The van der Waals surface area contributed by atoms with Crippen LogP contribution in [0.4, 0.5) is 11.6 Å². The second-order valence-electron chi connectivity index (χ2n) is 6.52. The van der Waals surface area contributed by atoms with Crippen LogP contribution in [0, 0.1) is 13.8 Å². The molecule has 0 aliphatic rings. The molecule has 0 fully saturated rings. The minimum absolute atomic E-state index is 0.0577. The molecular formula is C21H18ClN5O2. The van der Waals surface area contributed by atoms with Gasteiger partial charge >= 0.3 is 0 Å². The minimum atomic E-state index is -0.424. The Morgan fingerprint density at radius 2 is 1.79 bits per heavy atom. The van der Waals surface area contributed by atoms with E-state index in [9.17, 15) is 4.79 Å². The van der Waals surface area contributed by atoms with Crippen molar-refractivity contribution in [2.45, 2.75) is 13.8 Å². The van der Waals surface area contributed by atoms with Crippen LogP contribution in [0.1, 0.15) is 21.7 Å². The predicted molar refractivity (Wildman–Crippen MR) is 112 cm³/mol. The van der Waals surface area contributed by atoms with E-state index in [0.717, 1.165) is 11.4 Å². The summed E-state index contributed by atoms with van der Waals surface area (Å²) in [6.07, 6.45) is 0. The minimum Gasteiger partial charge on any atom is -0.367 e. The monoisotopic (exact) mass is 407 g/mol.